The number of fused-ring (bicyclic) bond motifs is 1. The molecule has 0 aromatic heterocycles. The number of benzene rings is 1. The summed E-state index contributed by atoms with van der Waals surface area (Å²) >= 11 is 0. The fraction of sp³-hybridized carbons (Fsp3) is 0.429. The second kappa shape index (κ2) is 4.02. The van der Waals surface area contributed by atoms with Crippen molar-refractivity contribution in [2.45, 2.75) is 17.9 Å². The van der Waals surface area contributed by atoms with Crippen molar-refractivity contribution in [3.05, 3.63) is 35.6 Å². The first-order valence-electron chi connectivity index (χ1n) is 6.37. The van der Waals surface area contributed by atoms with E-state index in [1.807, 2.05) is 0 Å². The number of rotatable bonds is 3. The number of nitrogens with two attached hydrogens (primary N) is 1. The van der Waals surface area contributed by atoms with Crippen LogP contribution in [0.3, 0.4) is 0 Å². The summed E-state index contributed by atoms with van der Waals surface area (Å²) in [7, 11) is 0. The van der Waals surface area contributed by atoms with Gasteiger partial charge in [-0.15, -0.1) is 0 Å². The van der Waals surface area contributed by atoms with Gasteiger partial charge in [-0.2, -0.15) is 0 Å². The van der Waals surface area contributed by atoms with Crippen LogP contribution in [0, 0.1) is 23.6 Å². The molecule has 0 bridgehead atoms. The lowest BCUT2D eigenvalue weighted by atomic mass is 9.84. The lowest BCUT2D eigenvalue weighted by Gasteiger charge is -2.24. The normalized spacial score (nSPS) is 38.3. The molecule has 4 N–H and O–H groups in total. The Morgan fingerprint density at radius 3 is 2.35 bits per heavy atom. The highest BCUT2D eigenvalue weighted by atomic mass is 19.1. The number of carboxylic acid groups (broad SMARTS) is 2. The van der Waals surface area contributed by atoms with Crippen LogP contribution in [0.4, 0.5) is 4.39 Å². The monoisotopic (exact) mass is 279 g/mol. The average Bonchev–Trinajstić information content (AvgIpc) is 3.05. The molecule has 0 heterocycles. The van der Waals surface area contributed by atoms with Gasteiger partial charge < -0.3 is 15.9 Å². The summed E-state index contributed by atoms with van der Waals surface area (Å²) in [6.45, 7) is 0. The summed E-state index contributed by atoms with van der Waals surface area (Å²) in [5.41, 5.74) is 5.18. The molecule has 0 spiro atoms. The number of carbonyl (C=O) groups is 2. The zero-order chi connectivity index (χ0) is 14.7. The average molecular weight is 279 g/mol. The summed E-state index contributed by atoms with van der Waals surface area (Å²) in [6, 6.07) is 5.73. The Labute approximate surface area is 114 Å². The number of halogens is 1. The van der Waals surface area contributed by atoms with Gasteiger partial charge in [-0.3, -0.25) is 9.59 Å². The largest absolute Gasteiger partial charge is 0.481 e. The summed E-state index contributed by atoms with van der Waals surface area (Å²) < 4.78 is 13.0. The molecular weight excluding hydrogens is 265 g/mol. The van der Waals surface area contributed by atoms with Crippen LogP contribution < -0.4 is 5.73 Å². The Morgan fingerprint density at radius 1 is 1.25 bits per heavy atom. The molecule has 5 atom stereocenters. The minimum Gasteiger partial charge on any atom is -0.481 e. The van der Waals surface area contributed by atoms with Gasteiger partial charge in [0.15, 0.2) is 0 Å². The van der Waals surface area contributed by atoms with Gasteiger partial charge in [0.1, 0.15) is 11.4 Å². The van der Waals surface area contributed by atoms with Crippen molar-refractivity contribution >= 4 is 11.9 Å². The minimum absolute atomic E-state index is 0.188. The van der Waals surface area contributed by atoms with Gasteiger partial charge >= 0.3 is 11.9 Å². The van der Waals surface area contributed by atoms with Crippen molar-refractivity contribution in [3.63, 3.8) is 0 Å². The van der Waals surface area contributed by atoms with E-state index < -0.39 is 29.3 Å². The van der Waals surface area contributed by atoms with E-state index in [4.69, 9.17) is 5.73 Å². The van der Waals surface area contributed by atoms with E-state index in [0.29, 0.717) is 0 Å². The Morgan fingerprint density at radius 2 is 1.85 bits per heavy atom. The molecule has 3 rings (SSSR count). The molecule has 2 aliphatic carbocycles. The second-order valence-corrected chi connectivity index (χ2v) is 5.67. The van der Waals surface area contributed by atoms with E-state index in [1.54, 1.807) is 12.1 Å². The van der Waals surface area contributed by atoms with Gasteiger partial charge in [0, 0.05) is 5.92 Å². The molecule has 1 aromatic carbocycles. The highest BCUT2D eigenvalue weighted by Gasteiger charge is 2.73. The number of hydrogen-bond donors (Lipinski definition) is 3. The smallest absolute Gasteiger partial charge is 0.324 e. The van der Waals surface area contributed by atoms with Crippen molar-refractivity contribution in [1.82, 2.24) is 0 Å². The molecule has 6 heteroatoms. The van der Waals surface area contributed by atoms with E-state index in [-0.39, 0.29) is 24.1 Å². The maximum atomic E-state index is 13.0. The maximum absolute atomic E-state index is 13.0. The van der Waals surface area contributed by atoms with Crippen LogP contribution in [0.15, 0.2) is 24.3 Å². The molecule has 2 aliphatic rings. The third-order valence-electron chi connectivity index (χ3n) is 4.67. The standard InChI is InChI=1S/C14H14FNO4/c15-7-3-1-6(2-4-7)8-5-14(16,13(19)20)11-9(8)10(11)12(17)18/h1-4,8-11H,5,16H2,(H,17,18)(H,19,20). The van der Waals surface area contributed by atoms with Gasteiger partial charge in [-0.25, -0.2) is 4.39 Å². The molecule has 2 fully saturated rings. The topological polar surface area (TPSA) is 101 Å². The lowest BCUT2D eigenvalue weighted by Crippen LogP contribution is -2.50. The maximum Gasteiger partial charge on any atom is 0.324 e. The van der Waals surface area contributed by atoms with E-state index in [9.17, 15) is 24.2 Å². The van der Waals surface area contributed by atoms with Crippen LogP contribution in [-0.4, -0.2) is 27.7 Å². The quantitative estimate of drug-likeness (QED) is 0.767. The third-order valence-corrected chi connectivity index (χ3v) is 4.67. The van der Waals surface area contributed by atoms with E-state index >= 15 is 0 Å². The SMILES string of the molecule is NC1(C(=O)O)CC(c2ccc(F)cc2)C2C(C(=O)O)C21. The van der Waals surface area contributed by atoms with Crippen LogP contribution in [0.1, 0.15) is 17.9 Å². The van der Waals surface area contributed by atoms with Crippen LogP contribution in [0.25, 0.3) is 0 Å². The van der Waals surface area contributed by atoms with Crippen LogP contribution in [0.5, 0.6) is 0 Å². The number of hydrogen-bond acceptors (Lipinski definition) is 3. The second-order valence-electron chi connectivity index (χ2n) is 5.67. The molecule has 2 saturated carbocycles. The Kier molecular flexibility index (Phi) is 2.62. The van der Waals surface area contributed by atoms with Gasteiger partial charge in [0.2, 0.25) is 0 Å². The van der Waals surface area contributed by atoms with Crippen molar-refractivity contribution in [2.75, 3.05) is 0 Å². The summed E-state index contributed by atoms with van der Waals surface area (Å²) in [6.07, 6.45) is 0.188. The first kappa shape index (κ1) is 13.1. The van der Waals surface area contributed by atoms with Crippen molar-refractivity contribution in [3.8, 4) is 0 Å². The van der Waals surface area contributed by atoms with E-state index in [0.717, 1.165) is 5.56 Å². The van der Waals surface area contributed by atoms with Crippen LogP contribution >= 0.6 is 0 Å². The molecule has 106 valence electrons. The van der Waals surface area contributed by atoms with Crippen LogP contribution in [0.2, 0.25) is 0 Å². The fourth-order valence-electron chi connectivity index (χ4n) is 3.73. The van der Waals surface area contributed by atoms with Gasteiger partial charge in [0.05, 0.1) is 5.92 Å². The van der Waals surface area contributed by atoms with E-state index in [2.05, 4.69) is 0 Å². The molecule has 5 unspecified atom stereocenters. The summed E-state index contributed by atoms with van der Waals surface area (Å²) in [5, 5.41) is 18.5. The molecule has 0 aliphatic heterocycles. The Hall–Kier alpha value is -1.95. The minimum atomic E-state index is -1.51. The van der Waals surface area contributed by atoms with Gasteiger partial charge in [-0.1, -0.05) is 12.1 Å². The first-order valence-corrected chi connectivity index (χ1v) is 6.37. The Balaban J connectivity index is 1.96. The molecule has 0 amide bonds. The molecule has 1 aromatic rings. The zero-order valence-electron chi connectivity index (χ0n) is 10.5. The predicted octanol–water partition coefficient (Wildman–Crippen LogP) is 1.04. The first-order chi connectivity index (χ1) is 9.36. The summed E-state index contributed by atoms with van der Waals surface area (Å²) in [4.78, 5) is 22.6. The Bertz CT molecular complexity index is 587. The molecule has 5 nitrogen and oxygen atoms in total. The molecule has 0 saturated heterocycles. The predicted molar refractivity (Wildman–Crippen MR) is 66.4 cm³/mol. The molecular formula is C14H14FNO4. The molecule has 0 radical (unpaired) electrons. The van der Waals surface area contributed by atoms with Crippen molar-refractivity contribution in [2.24, 2.45) is 23.5 Å². The van der Waals surface area contributed by atoms with Crippen molar-refractivity contribution in [1.29, 1.82) is 0 Å². The van der Waals surface area contributed by atoms with Crippen LogP contribution in [-0.2, 0) is 9.59 Å². The third kappa shape index (κ3) is 1.64. The summed E-state index contributed by atoms with van der Waals surface area (Å²) in [5.74, 6) is -4.36. The zero-order valence-corrected chi connectivity index (χ0v) is 10.5. The van der Waals surface area contributed by atoms with E-state index in [1.165, 1.54) is 12.1 Å². The van der Waals surface area contributed by atoms with Crippen molar-refractivity contribution < 1.29 is 24.2 Å². The lowest BCUT2D eigenvalue weighted by molar-refractivity contribution is -0.145. The number of carboxylic acids is 2. The van der Waals surface area contributed by atoms with Gasteiger partial charge in [-0.05, 0) is 36.0 Å². The fourth-order valence-corrected chi connectivity index (χ4v) is 3.73. The van der Waals surface area contributed by atoms with Gasteiger partial charge in [0.25, 0.3) is 0 Å². The highest BCUT2D eigenvalue weighted by molar-refractivity contribution is 5.85. The number of aliphatic carboxylic acids is 2. The molecule has 20 heavy (non-hydrogen) atoms. The highest BCUT2D eigenvalue weighted by Crippen LogP contribution is 2.67.